The number of rotatable bonds is 12. The minimum atomic E-state index is -0.560. The summed E-state index contributed by atoms with van der Waals surface area (Å²) in [4.78, 5) is 25.2. The van der Waals surface area contributed by atoms with E-state index in [2.05, 4.69) is 6.92 Å². The quantitative estimate of drug-likeness (QED) is 0.229. The smallest absolute Gasteiger partial charge is 0.338 e. The van der Waals surface area contributed by atoms with E-state index in [1.54, 1.807) is 0 Å². The topological polar surface area (TPSA) is 71.1 Å². The molecule has 4 atom stereocenters. The first-order valence-electron chi connectivity index (χ1n) is 14.4. The SMILES string of the molecule is CCCCCCCC1(CC[C@H]2C(OC(=O)c3ccc(-c4ccccc4)cc3)C[C@@H]3OC(=O)C[C@@H]32)OCCO1. The number of hydrogen-bond donors (Lipinski definition) is 0. The van der Waals surface area contributed by atoms with E-state index in [0.717, 1.165) is 36.8 Å². The molecule has 2 aliphatic heterocycles. The highest BCUT2D eigenvalue weighted by atomic mass is 16.7. The van der Waals surface area contributed by atoms with Crippen LogP contribution in [0, 0.1) is 11.8 Å². The lowest BCUT2D eigenvalue weighted by molar-refractivity contribution is -0.171. The molecule has 0 amide bonds. The van der Waals surface area contributed by atoms with Gasteiger partial charge in [0.1, 0.15) is 12.2 Å². The van der Waals surface area contributed by atoms with E-state index in [1.807, 2.05) is 54.6 Å². The molecule has 2 heterocycles. The third-order valence-corrected chi connectivity index (χ3v) is 8.47. The maximum absolute atomic E-state index is 13.1. The Hall–Kier alpha value is -2.70. The molecule has 0 aromatic heterocycles. The van der Waals surface area contributed by atoms with Crippen LogP contribution in [0.1, 0.15) is 81.5 Å². The molecule has 1 saturated carbocycles. The number of carbonyl (C=O) groups is 2. The van der Waals surface area contributed by atoms with Gasteiger partial charge >= 0.3 is 11.9 Å². The van der Waals surface area contributed by atoms with Gasteiger partial charge in [-0.3, -0.25) is 4.79 Å². The lowest BCUT2D eigenvalue weighted by Crippen LogP contribution is -2.33. The van der Waals surface area contributed by atoms with E-state index >= 15 is 0 Å². The zero-order valence-corrected chi connectivity index (χ0v) is 22.4. The van der Waals surface area contributed by atoms with Crippen molar-refractivity contribution in [1.29, 1.82) is 0 Å². The standard InChI is InChI=1S/C32H40O6/c1-2-3-4-5-9-17-32(35-19-20-36-32)18-16-26-27-21-30(33)37-29(27)22-28(26)38-31(34)25-14-12-24(13-15-25)23-10-7-6-8-11-23/h6-8,10-15,26-29H,2-5,9,16-22H2,1H3/t26-,27-,28?,29+/m1/s1. The van der Waals surface area contributed by atoms with E-state index in [1.165, 1.54) is 25.7 Å². The second-order valence-electron chi connectivity index (χ2n) is 11.0. The Labute approximate surface area is 226 Å². The molecule has 0 spiro atoms. The van der Waals surface area contributed by atoms with Crippen LogP contribution in [0.4, 0.5) is 0 Å². The van der Waals surface area contributed by atoms with Crippen molar-refractivity contribution in [2.75, 3.05) is 13.2 Å². The van der Waals surface area contributed by atoms with Crippen LogP contribution in [0.3, 0.4) is 0 Å². The Kier molecular flexibility index (Phi) is 8.80. The number of benzene rings is 2. The molecule has 2 aromatic carbocycles. The maximum Gasteiger partial charge on any atom is 0.338 e. The molecule has 204 valence electrons. The Bertz CT molecular complexity index is 1060. The van der Waals surface area contributed by atoms with Gasteiger partial charge in [-0.05, 0) is 36.1 Å². The van der Waals surface area contributed by atoms with Crippen LogP contribution < -0.4 is 0 Å². The Morgan fingerprint density at radius 1 is 0.921 bits per heavy atom. The summed E-state index contributed by atoms with van der Waals surface area (Å²) in [6.45, 7) is 3.45. The molecule has 0 bridgehead atoms. The third kappa shape index (κ3) is 6.29. The summed E-state index contributed by atoms with van der Waals surface area (Å²) >= 11 is 0. The van der Waals surface area contributed by atoms with E-state index < -0.39 is 5.79 Å². The lowest BCUT2D eigenvalue weighted by Gasteiger charge is -2.31. The van der Waals surface area contributed by atoms with Crippen LogP contribution in [-0.4, -0.2) is 43.1 Å². The van der Waals surface area contributed by atoms with Gasteiger partial charge in [0.2, 0.25) is 0 Å². The predicted molar refractivity (Wildman–Crippen MR) is 144 cm³/mol. The van der Waals surface area contributed by atoms with Crippen molar-refractivity contribution in [3.05, 3.63) is 60.2 Å². The minimum Gasteiger partial charge on any atom is -0.462 e. The van der Waals surface area contributed by atoms with Crippen molar-refractivity contribution in [3.8, 4) is 11.1 Å². The molecule has 2 aromatic rings. The normalized spacial score (nSPS) is 25.8. The Morgan fingerprint density at radius 3 is 2.37 bits per heavy atom. The molecule has 3 aliphatic rings. The van der Waals surface area contributed by atoms with E-state index in [0.29, 0.717) is 31.6 Å². The van der Waals surface area contributed by atoms with Gasteiger partial charge in [-0.15, -0.1) is 0 Å². The van der Waals surface area contributed by atoms with Crippen molar-refractivity contribution in [2.24, 2.45) is 11.8 Å². The summed E-state index contributed by atoms with van der Waals surface area (Å²) in [5.41, 5.74) is 2.69. The molecule has 1 unspecified atom stereocenters. The second kappa shape index (κ2) is 12.4. The van der Waals surface area contributed by atoms with Crippen LogP contribution in [0.15, 0.2) is 54.6 Å². The summed E-state index contributed by atoms with van der Waals surface area (Å²) in [6.07, 6.45) is 8.85. The number of hydrogen-bond acceptors (Lipinski definition) is 6. The van der Waals surface area contributed by atoms with Gasteiger partial charge in [0.15, 0.2) is 5.79 Å². The third-order valence-electron chi connectivity index (χ3n) is 8.47. The molecular formula is C32H40O6. The van der Waals surface area contributed by atoms with Gasteiger partial charge in [-0.2, -0.15) is 0 Å². The molecule has 3 fully saturated rings. The number of esters is 2. The van der Waals surface area contributed by atoms with Crippen LogP contribution in [0.5, 0.6) is 0 Å². The van der Waals surface area contributed by atoms with E-state index in [4.69, 9.17) is 18.9 Å². The molecule has 0 N–H and O–H groups in total. The first kappa shape index (κ1) is 26.9. The van der Waals surface area contributed by atoms with Crippen molar-refractivity contribution < 1.29 is 28.5 Å². The van der Waals surface area contributed by atoms with Crippen LogP contribution >= 0.6 is 0 Å². The lowest BCUT2D eigenvalue weighted by atomic mass is 9.86. The van der Waals surface area contributed by atoms with Crippen LogP contribution in [-0.2, 0) is 23.7 Å². The van der Waals surface area contributed by atoms with Gasteiger partial charge in [0.25, 0.3) is 0 Å². The molecule has 0 radical (unpaired) electrons. The van der Waals surface area contributed by atoms with Crippen LogP contribution in [0.25, 0.3) is 11.1 Å². The molecule has 6 heteroatoms. The zero-order valence-electron chi connectivity index (χ0n) is 22.4. The second-order valence-corrected chi connectivity index (χ2v) is 11.0. The van der Waals surface area contributed by atoms with Gasteiger partial charge in [0.05, 0.1) is 25.2 Å². The highest BCUT2D eigenvalue weighted by molar-refractivity contribution is 5.90. The first-order chi connectivity index (χ1) is 18.6. The largest absolute Gasteiger partial charge is 0.462 e. The fraction of sp³-hybridized carbons (Fsp3) is 0.562. The molecule has 1 aliphatic carbocycles. The average Bonchev–Trinajstić information content (AvgIpc) is 3.63. The van der Waals surface area contributed by atoms with Crippen molar-refractivity contribution >= 4 is 11.9 Å². The van der Waals surface area contributed by atoms with Crippen molar-refractivity contribution in [3.63, 3.8) is 0 Å². The monoisotopic (exact) mass is 520 g/mol. The molecular weight excluding hydrogens is 480 g/mol. The number of fused-ring (bicyclic) bond motifs is 1. The first-order valence-corrected chi connectivity index (χ1v) is 14.4. The molecule has 38 heavy (non-hydrogen) atoms. The number of ether oxygens (including phenoxy) is 4. The molecule has 5 rings (SSSR count). The zero-order chi connectivity index (χ0) is 26.4. The number of carbonyl (C=O) groups excluding carboxylic acids is 2. The molecule has 2 saturated heterocycles. The van der Waals surface area contributed by atoms with E-state index in [-0.39, 0.29) is 36.0 Å². The highest BCUT2D eigenvalue weighted by Gasteiger charge is 2.52. The summed E-state index contributed by atoms with van der Waals surface area (Å²) < 4.78 is 24.0. The van der Waals surface area contributed by atoms with Crippen molar-refractivity contribution in [1.82, 2.24) is 0 Å². The predicted octanol–water partition coefficient (Wildman–Crippen LogP) is 6.71. The van der Waals surface area contributed by atoms with Gasteiger partial charge in [0, 0.05) is 31.1 Å². The van der Waals surface area contributed by atoms with E-state index in [9.17, 15) is 9.59 Å². The summed E-state index contributed by atoms with van der Waals surface area (Å²) in [5.74, 6) is -0.919. The summed E-state index contributed by atoms with van der Waals surface area (Å²) in [5, 5.41) is 0. The Morgan fingerprint density at radius 2 is 1.63 bits per heavy atom. The minimum absolute atomic E-state index is 0.0451. The van der Waals surface area contributed by atoms with Gasteiger partial charge in [-0.1, -0.05) is 75.1 Å². The Balaban J connectivity index is 1.22. The van der Waals surface area contributed by atoms with Crippen LogP contribution in [0.2, 0.25) is 0 Å². The molecule has 6 nitrogen and oxygen atoms in total. The van der Waals surface area contributed by atoms with Crippen molar-refractivity contribution in [2.45, 2.75) is 89.1 Å². The highest BCUT2D eigenvalue weighted by Crippen LogP contribution is 2.46. The maximum atomic E-state index is 13.1. The fourth-order valence-electron chi connectivity index (χ4n) is 6.42. The summed E-state index contributed by atoms with van der Waals surface area (Å²) in [7, 11) is 0. The number of unbranched alkanes of at least 4 members (excludes halogenated alkanes) is 4. The fourth-order valence-corrected chi connectivity index (χ4v) is 6.42. The van der Waals surface area contributed by atoms with Gasteiger partial charge < -0.3 is 18.9 Å². The summed E-state index contributed by atoms with van der Waals surface area (Å²) in [6, 6.07) is 17.6. The van der Waals surface area contributed by atoms with Gasteiger partial charge in [-0.25, -0.2) is 4.79 Å². The average molecular weight is 521 g/mol.